The predicted molar refractivity (Wildman–Crippen MR) is 60.8 cm³/mol. The quantitative estimate of drug-likeness (QED) is 0.868. The van der Waals surface area contributed by atoms with Gasteiger partial charge in [0.25, 0.3) is 5.91 Å². The number of carbonyl (C=O) groups is 2. The van der Waals surface area contributed by atoms with E-state index in [0.29, 0.717) is 4.88 Å². The number of carboxylic acid groups (broad SMARTS) is 1. The molecule has 1 aromatic heterocycles. The Labute approximate surface area is 102 Å². The predicted octanol–water partition coefficient (Wildman–Crippen LogP) is 1.01. The first-order valence-electron chi connectivity index (χ1n) is 5.48. The Kier molecular flexibility index (Phi) is 3.68. The standard InChI is InChI=1S/C10H13N3O3S/c14-9(15)6-13(7-3-1-2-4-7)10(16)8-5-11-12-17-8/h5,7H,1-4,6H2,(H,14,15). The average molecular weight is 255 g/mol. The third-order valence-corrected chi connectivity index (χ3v) is 3.56. The monoisotopic (exact) mass is 255 g/mol. The second-order valence-electron chi connectivity index (χ2n) is 4.05. The zero-order chi connectivity index (χ0) is 12.3. The van der Waals surface area contributed by atoms with E-state index in [1.165, 1.54) is 11.1 Å². The summed E-state index contributed by atoms with van der Waals surface area (Å²) in [6.07, 6.45) is 5.25. The number of carboxylic acids is 1. The molecule has 0 saturated heterocycles. The van der Waals surface area contributed by atoms with Gasteiger partial charge in [0.1, 0.15) is 11.4 Å². The minimum atomic E-state index is -0.984. The number of aliphatic carboxylic acids is 1. The third-order valence-electron chi connectivity index (χ3n) is 2.90. The fourth-order valence-corrected chi connectivity index (χ4v) is 2.60. The van der Waals surface area contributed by atoms with Crippen molar-refractivity contribution in [1.29, 1.82) is 0 Å². The molecule has 0 aliphatic heterocycles. The number of hydrogen-bond acceptors (Lipinski definition) is 5. The number of nitrogens with zero attached hydrogens (tertiary/aromatic N) is 3. The van der Waals surface area contributed by atoms with E-state index >= 15 is 0 Å². The van der Waals surface area contributed by atoms with Crippen LogP contribution in [0.3, 0.4) is 0 Å². The molecule has 0 radical (unpaired) electrons. The summed E-state index contributed by atoms with van der Waals surface area (Å²) in [5, 5.41) is 12.5. The lowest BCUT2D eigenvalue weighted by atomic mass is 10.2. The fourth-order valence-electron chi connectivity index (χ4n) is 2.13. The molecule has 1 fully saturated rings. The van der Waals surface area contributed by atoms with Gasteiger partial charge in [0.15, 0.2) is 0 Å². The zero-order valence-electron chi connectivity index (χ0n) is 9.20. The molecule has 1 aliphatic rings. The highest BCUT2D eigenvalue weighted by molar-refractivity contribution is 7.07. The van der Waals surface area contributed by atoms with Crippen LogP contribution in [0.25, 0.3) is 0 Å². The van der Waals surface area contributed by atoms with Gasteiger partial charge in [-0.2, -0.15) is 0 Å². The molecule has 0 unspecified atom stereocenters. The van der Waals surface area contributed by atoms with Crippen LogP contribution >= 0.6 is 11.5 Å². The Balaban J connectivity index is 2.14. The van der Waals surface area contributed by atoms with E-state index in [0.717, 1.165) is 37.2 Å². The lowest BCUT2D eigenvalue weighted by molar-refractivity contribution is -0.138. The first-order chi connectivity index (χ1) is 8.18. The van der Waals surface area contributed by atoms with Gasteiger partial charge in [-0.25, -0.2) is 0 Å². The van der Waals surface area contributed by atoms with Gasteiger partial charge in [-0.05, 0) is 24.4 Å². The molecule has 7 heteroatoms. The van der Waals surface area contributed by atoms with Gasteiger partial charge in [0.2, 0.25) is 0 Å². The molecule has 1 N–H and O–H groups in total. The van der Waals surface area contributed by atoms with Gasteiger partial charge in [-0.1, -0.05) is 17.3 Å². The van der Waals surface area contributed by atoms with E-state index in [-0.39, 0.29) is 18.5 Å². The number of hydrogen-bond donors (Lipinski definition) is 1. The summed E-state index contributed by atoms with van der Waals surface area (Å²) >= 11 is 1.000. The summed E-state index contributed by atoms with van der Waals surface area (Å²) in [5.74, 6) is -1.25. The molecule has 1 saturated carbocycles. The lowest BCUT2D eigenvalue weighted by Crippen LogP contribution is -2.42. The maximum Gasteiger partial charge on any atom is 0.323 e. The van der Waals surface area contributed by atoms with Gasteiger partial charge in [0, 0.05) is 6.04 Å². The summed E-state index contributed by atoms with van der Waals surface area (Å²) in [7, 11) is 0. The molecule has 92 valence electrons. The second kappa shape index (κ2) is 5.22. The van der Waals surface area contributed by atoms with Crippen LogP contribution in [0.2, 0.25) is 0 Å². The van der Waals surface area contributed by atoms with E-state index in [2.05, 4.69) is 9.59 Å². The molecule has 1 heterocycles. The maximum atomic E-state index is 12.1. The SMILES string of the molecule is O=C(O)CN(C(=O)c1cnns1)C1CCCC1. The van der Waals surface area contributed by atoms with Crippen molar-refractivity contribution in [3.05, 3.63) is 11.1 Å². The number of aromatic nitrogens is 2. The molecule has 1 aliphatic carbocycles. The largest absolute Gasteiger partial charge is 0.480 e. The molecule has 0 spiro atoms. The highest BCUT2D eigenvalue weighted by Gasteiger charge is 2.29. The van der Waals surface area contributed by atoms with Crippen molar-refractivity contribution < 1.29 is 14.7 Å². The van der Waals surface area contributed by atoms with E-state index < -0.39 is 5.97 Å². The minimum Gasteiger partial charge on any atom is -0.480 e. The van der Waals surface area contributed by atoms with E-state index in [1.807, 2.05) is 0 Å². The van der Waals surface area contributed by atoms with Crippen molar-refractivity contribution in [3.63, 3.8) is 0 Å². The van der Waals surface area contributed by atoms with E-state index in [1.54, 1.807) is 0 Å². The lowest BCUT2D eigenvalue weighted by Gasteiger charge is -2.26. The number of amides is 1. The third kappa shape index (κ3) is 2.79. The molecule has 0 atom stereocenters. The van der Waals surface area contributed by atoms with Gasteiger partial charge in [-0.3, -0.25) is 9.59 Å². The Morgan fingerprint density at radius 3 is 2.71 bits per heavy atom. The summed E-state index contributed by atoms with van der Waals surface area (Å²) in [5.41, 5.74) is 0. The first kappa shape index (κ1) is 12.0. The van der Waals surface area contributed by atoms with Gasteiger partial charge >= 0.3 is 5.97 Å². The van der Waals surface area contributed by atoms with E-state index in [9.17, 15) is 9.59 Å². The minimum absolute atomic E-state index is 0.0423. The van der Waals surface area contributed by atoms with Crippen molar-refractivity contribution in [1.82, 2.24) is 14.5 Å². The molecule has 1 aromatic rings. The Morgan fingerprint density at radius 1 is 1.47 bits per heavy atom. The molecule has 2 rings (SSSR count). The molecule has 0 aromatic carbocycles. The summed E-state index contributed by atoms with van der Waals surface area (Å²) in [4.78, 5) is 24.8. The Bertz CT molecular complexity index is 401. The van der Waals surface area contributed by atoms with E-state index in [4.69, 9.17) is 5.11 Å². The molecule has 1 amide bonds. The Morgan fingerprint density at radius 2 is 2.18 bits per heavy atom. The smallest absolute Gasteiger partial charge is 0.323 e. The molecule has 17 heavy (non-hydrogen) atoms. The van der Waals surface area contributed by atoms with Crippen molar-refractivity contribution in [2.45, 2.75) is 31.7 Å². The van der Waals surface area contributed by atoms with Gasteiger partial charge in [0.05, 0.1) is 6.20 Å². The topological polar surface area (TPSA) is 83.4 Å². The Hall–Kier alpha value is -1.50. The van der Waals surface area contributed by atoms with Crippen LogP contribution in [-0.4, -0.2) is 44.1 Å². The number of carbonyl (C=O) groups excluding carboxylic acids is 1. The summed E-state index contributed by atoms with van der Waals surface area (Å²) in [6, 6.07) is 0.0423. The van der Waals surface area contributed by atoms with Crippen LogP contribution in [0.15, 0.2) is 6.20 Å². The average Bonchev–Trinajstić information content (AvgIpc) is 2.96. The van der Waals surface area contributed by atoms with Crippen molar-refractivity contribution >= 4 is 23.4 Å². The van der Waals surface area contributed by atoms with Gasteiger partial charge < -0.3 is 10.0 Å². The molecular weight excluding hydrogens is 242 g/mol. The molecule has 0 bridgehead atoms. The highest BCUT2D eigenvalue weighted by atomic mass is 32.1. The number of rotatable bonds is 4. The normalized spacial score (nSPS) is 16.0. The fraction of sp³-hybridized carbons (Fsp3) is 0.600. The summed E-state index contributed by atoms with van der Waals surface area (Å²) < 4.78 is 3.63. The van der Waals surface area contributed by atoms with Crippen molar-refractivity contribution in [2.75, 3.05) is 6.54 Å². The maximum absolute atomic E-state index is 12.1. The van der Waals surface area contributed by atoms with Crippen LogP contribution in [0.1, 0.15) is 35.4 Å². The second-order valence-corrected chi connectivity index (χ2v) is 4.83. The van der Waals surface area contributed by atoms with Crippen molar-refractivity contribution in [2.24, 2.45) is 0 Å². The van der Waals surface area contributed by atoms with Crippen LogP contribution in [0.4, 0.5) is 0 Å². The van der Waals surface area contributed by atoms with Crippen LogP contribution in [-0.2, 0) is 4.79 Å². The molecular formula is C10H13N3O3S. The zero-order valence-corrected chi connectivity index (χ0v) is 10.0. The summed E-state index contributed by atoms with van der Waals surface area (Å²) in [6.45, 7) is -0.249. The first-order valence-corrected chi connectivity index (χ1v) is 6.26. The van der Waals surface area contributed by atoms with Crippen LogP contribution in [0.5, 0.6) is 0 Å². The van der Waals surface area contributed by atoms with Crippen molar-refractivity contribution in [3.8, 4) is 0 Å². The highest BCUT2D eigenvalue weighted by Crippen LogP contribution is 2.25. The van der Waals surface area contributed by atoms with Gasteiger partial charge in [-0.15, -0.1) is 5.10 Å². The van der Waals surface area contributed by atoms with Crippen LogP contribution < -0.4 is 0 Å². The van der Waals surface area contributed by atoms with Crippen LogP contribution in [0, 0.1) is 0 Å². The molecule has 6 nitrogen and oxygen atoms in total.